The summed E-state index contributed by atoms with van der Waals surface area (Å²) in [5.74, 6) is -1.41. The molecule has 0 saturated carbocycles. The first-order chi connectivity index (χ1) is 12.2. The van der Waals surface area contributed by atoms with E-state index < -0.39 is 35.7 Å². The molecule has 0 aliphatic rings. The van der Waals surface area contributed by atoms with Crippen molar-refractivity contribution in [1.82, 2.24) is 4.57 Å². The Hall–Kier alpha value is -3.10. The SMILES string of the molecule is CCOC(=O)c1ccccc1NC(=O)Cn1cc(C(F)(F)F)ccc1=O. The van der Waals surface area contributed by atoms with Gasteiger partial charge in [-0.2, -0.15) is 13.2 Å². The van der Waals surface area contributed by atoms with Crippen LogP contribution in [0.2, 0.25) is 0 Å². The number of hydrogen-bond acceptors (Lipinski definition) is 4. The van der Waals surface area contributed by atoms with E-state index in [4.69, 9.17) is 4.74 Å². The van der Waals surface area contributed by atoms with Crippen molar-refractivity contribution in [2.24, 2.45) is 0 Å². The maximum Gasteiger partial charge on any atom is 0.417 e. The molecule has 6 nitrogen and oxygen atoms in total. The van der Waals surface area contributed by atoms with Crippen LogP contribution in [0.1, 0.15) is 22.8 Å². The Morgan fingerprint density at radius 3 is 2.50 bits per heavy atom. The number of pyridine rings is 1. The van der Waals surface area contributed by atoms with E-state index in [1.807, 2.05) is 0 Å². The highest BCUT2D eigenvalue weighted by Gasteiger charge is 2.31. The molecule has 1 amide bonds. The summed E-state index contributed by atoms with van der Waals surface area (Å²) in [6.45, 7) is 1.12. The van der Waals surface area contributed by atoms with Gasteiger partial charge in [0.2, 0.25) is 5.91 Å². The summed E-state index contributed by atoms with van der Waals surface area (Å²) in [6, 6.07) is 7.40. The Balaban J connectivity index is 2.20. The van der Waals surface area contributed by atoms with Crippen molar-refractivity contribution in [1.29, 1.82) is 0 Å². The summed E-state index contributed by atoms with van der Waals surface area (Å²) in [5, 5.41) is 2.40. The molecule has 138 valence electrons. The molecule has 0 fully saturated rings. The van der Waals surface area contributed by atoms with Gasteiger partial charge >= 0.3 is 12.1 Å². The van der Waals surface area contributed by atoms with Crippen molar-refractivity contribution >= 4 is 17.6 Å². The van der Waals surface area contributed by atoms with Gasteiger partial charge in [-0.3, -0.25) is 9.59 Å². The van der Waals surface area contributed by atoms with E-state index in [9.17, 15) is 27.6 Å². The van der Waals surface area contributed by atoms with Gasteiger partial charge in [-0.25, -0.2) is 4.79 Å². The number of rotatable bonds is 5. The number of carbonyl (C=O) groups is 2. The van der Waals surface area contributed by atoms with Gasteiger partial charge in [-0.15, -0.1) is 0 Å². The zero-order valence-electron chi connectivity index (χ0n) is 13.7. The molecule has 0 unspecified atom stereocenters. The number of aromatic nitrogens is 1. The number of alkyl halides is 3. The second-order valence-electron chi connectivity index (χ2n) is 5.20. The number of anilines is 1. The van der Waals surface area contributed by atoms with Gasteiger partial charge in [-0.1, -0.05) is 12.1 Å². The summed E-state index contributed by atoms with van der Waals surface area (Å²) in [6.07, 6.45) is -4.07. The lowest BCUT2D eigenvalue weighted by atomic mass is 10.2. The zero-order valence-corrected chi connectivity index (χ0v) is 13.7. The minimum atomic E-state index is -4.64. The number of ether oxygens (including phenoxy) is 1. The number of nitrogens with one attached hydrogen (secondary N) is 1. The topological polar surface area (TPSA) is 77.4 Å². The molecular formula is C17H15F3N2O4. The normalized spacial score (nSPS) is 11.1. The summed E-state index contributed by atoms with van der Waals surface area (Å²) in [5.41, 5.74) is -1.57. The first-order valence-electron chi connectivity index (χ1n) is 7.56. The fraction of sp³-hybridized carbons (Fsp3) is 0.235. The standard InChI is InChI=1S/C17H15F3N2O4/c1-2-26-16(25)12-5-3-4-6-13(12)21-14(23)10-22-9-11(17(18,19)20)7-8-15(22)24/h3-9H,2,10H2,1H3,(H,21,23). The van der Waals surface area contributed by atoms with E-state index in [2.05, 4.69) is 5.32 Å². The number of esters is 1. The zero-order chi connectivity index (χ0) is 19.3. The number of para-hydroxylation sites is 1. The molecule has 0 bridgehead atoms. The van der Waals surface area contributed by atoms with Gasteiger partial charge in [0, 0.05) is 12.3 Å². The van der Waals surface area contributed by atoms with Gasteiger partial charge in [0.15, 0.2) is 0 Å². The third kappa shape index (κ3) is 4.71. The van der Waals surface area contributed by atoms with Gasteiger partial charge in [-0.05, 0) is 25.1 Å². The summed E-state index contributed by atoms with van der Waals surface area (Å²) >= 11 is 0. The van der Waals surface area contributed by atoms with Crippen molar-refractivity contribution < 1.29 is 27.5 Å². The van der Waals surface area contributed by atoms with Crippen LogP contribution >= 0.6 is 0 Å². The second-order valence-corrected chi connectivity index (χ2v) is 5.20. The van der Waals surface area contributed by atoms with Crippen LogP contribution in [0.25, 0.3) is 0 Å². The second kappa shape index (κ2) is 7.85. The van der Waals surface area contributed by atoms with Gasteiger partial charge in [0.1, 0.15) is 6.54 Å². The van der Waals surface area contributed by atoms with Crippen LogP contribution in [-0.2, 0) is 22.3 Å². The highest BCUT2D eigenvalue weighted by atomic mass is 19.4. The average Bonchev–Trinajstić information content (AvgIpc) is 2.56. The fourth-order valence-electron chi connectivity index (χ4n) is 2.15. The minimum Gasteiger partial charge on any atom is -0.462 e. The smallest absolute Gasteiger partial charge is 0.417 e. The summed E-state index contributed by atoms with van der Waals surface area (Å²) in [4.78, 5) is 35.7. The molecule has 1 aromatic heterocycles. The van der Waals surface area contributed by atoms with Crippen LogP contribution in [-0.4, -0.2) is 23.1 Å². The molecule has 2 aromatic rings. The van der Waals surface area contributed by atoms with E-state index >= 15 is 0 Å². The summed E-state index contributed by atoms with van der Waals surface area (Å²) in [7, 11) is 0. The molecule has 0 aliphatic heterocycles. The molecule has 0 atom stereocenters. The molecule has 1 aromatic carbocycles. The van der Waals surface area contributed by atoms with Crippen LogP contribution in [0.4, 0.5) is 18.9 Å². The predicted molar refractivity (Wildman–Crippen MR) is 86.7 cm³/mol. The number of hydrogen-bond donors (Lipinski definition) is 1. The largest absolute Gasteiger partial charge is 0.462 e. The van der Waals surface area contributed by atoms with E-state index in [1.54, 1.807) is 19.1 Å². The highest BCUT2D eigenvalue weighted by Crippen LogP contribution is 2.28. The van der Waals surface area contributed by atoms with Crippen LogP contribution < -0.4 is 10.9 Å². The maximum absolute atomic E-state index is 12.7. The Kier molecular flexibility index (Phi) is 5.81. The third-order valence-corrected chi connectivity index (χ3v) is 3.32. The number of halogens is 3. The first-order valence-corrected chi connectivity index (χ1v) is 7.56. The third-order valence-electron chi connectivity index (χ3n) is 3.32. The quantitative estimate of drug-likeness (QED) is 0.824. The van der Waals surface area contributed by atoms with Gasteiger partial charge < -0.3 is 14.6 Å². The fourth-order valence-corrected chi connectivity index (χ4v) is 2.15. The van der Waals surface area contributed by atoms with Crippen molar-refractivity contribution in [2.75, 3.05) is 11.9 Å². The molecule has 1 N–H and O–H groups in total. The Morgan fingerprint density at radius 1 is 1.15 bits per heavy atom. The van der Waals surface area contributed by atoms with E-state index in [1.165, 1.54) is 12.1 Å². The molecule has 2 rings (SSSR count). The monoisotopic (exact) mass is 368 g/mol. The number of amides is 1. The molecule has 0 radical (unpaired) electrons. The Bertz CT molecular complexity index is 875. The van der Waals surface area contributed by atoms with Crippen LogP contribution in [0.3, 0.4) is 0 Å². The maximum atomic E-state index is 12.7. The number of benzene rings is 1. The van der Waals surface area contributed by atoms with Crippen molar-refractivity contribution in [3.63, 3.8) is 0 Å². The summed E-state index contributed by atoms with van der Waals surface area (Å²) < 4.78 is 43.7. The molecule has 0 aliphatic carbocycles. The lowest BCUT2D eigenvalue weighted by molar-refractivity contribution is -0.138. The van der Waals surface area contributed by atoms with E-state index in [0.717, 1.165) is 6.07 Å². The lowest BCUT2D eigenvalue weighted by Crippen LogP contribution is -2.28. The molecule has 1 heterocycles. The molecular weight excluding hydrogens is 353 g/mol. The van der Waals surface area contributed by atoms with Gasteiger partial charge in [0.25, 0.3) is 5.56 Å². The van der Waals surface area contributed by atoms with Crippen LogP contribution in [0.15, 0.2) is 47.4 Å². The highest BCUT2D eigenvalue weighted by molar-refractivity contribution is 6.01. The molecule has 0 spiro atoms. The molecule has 9 heteroatoms. The first kappa shape index (κ1) is 19.2. The van der Waals surface area contributed by atoms with Crippen LogP contribution in [0.5, 0.6) is 0 Å². The van der Waals surface area contributed by atoms with Crippen molar-refractivity contribution in [3.05, 3.63) is 64.1 Å². The average molecular weight is 368 g/mol. The Labute approximate surface area is 146 Å². The minimum absolute atomic E-state index is 0.0964. The lowest BCUT2D eigenvalue weighted by Gasteiger charge is -2.12. The number of carbonyl (C=O) groups excluding carboxylic acids is 2. The predicted octanol–water partition coefficient (Wildman–Crippen LogP) is 2.68. The molecule has 0 saturated heterocycles. The Morgan fingerprint density at radius 2 is 1.85 bits per heavy atom. The van der Waals surface area contributed by atoms with Crippen molar-refractivity contribution in [2.45, 2.75) is 19.6 Å². The van der Waals surface area contributed by atoms with Gasteiger partial charge in [0.05, 0.1) is 23.4 Å². The van der Waals surface area contributed by atoms with E-state index in [-0.39, 0.29) is 17.9 Å². The molecule has 26 heavy (non-hydrogen) atoms. The number of nitrogens with zero attached hydrogens (tertiary/aromatic N) is 1. The van der Waals surface area contributed by atoms with Crippen molar-refractivity contribution in [3.8, 4) is 0 Å². The van der Waals surface area contributed by atoms with Crippen LogP contribution in [0, 0.1) is 0 Å². The van der Waals surface area contributed by atoms with E-state index in [0.29, 0.717) is 16.8 Å².